The summed E-state index contributed by atoms with van der Waals surface area (Å²) in [4.78, 5) is 17.2. The largest absolute Gasteiger partial charge is 0.496 e. The number of rotatable bonds is 8. The molecule has 0 aliphatic rings. The summed E-state index contributed by atoms with van der Waals surface area (Å²) in [5, 5.41) is 11.3. The number of para-hydroxylation sites is 1. The fourth-order valence-electron chi connectivity index (χ4n) is 3.30. The van der Waals surface area contributed by atoms with Gasteiger partial charge in [0, 0.05) is 10.7 Å². The molecule has 0 saturated heterocycles. The standard InChI is InChI=1S/C23H27ClN4O2S/c1-13(2)16-7-6-8-17(14(3)4)21(16)25-20(29)12-31-23-26-22(27-28-23)18-11-15(24)9-10-19(18)30-5/h6-11,13-14H,12H2,1-5H3,(H,25,29)(H,26,27,28). The number of halogens is 1. The zero-order valence-electron chi connectivity index (χ0n) is 18.3. The van der Waals surface area contributed by atoms with Gasteiger partial charge in [-0.05, 0) is 41.2 Å². The Bertz CT molecular complexity index is 1040. The summed E-state index contributed by atoms with van der Waals surface area (Å²) in [6, 6.07) is 11.5. The molecule has 1 amide bonds. The summed E-state index contributed by atoms with van der Waals surface area (Å²) in [6.07, 6.45) is 0. The van der Waals surface area contributed by atoms with Crippen molar-refractivity contribution in [1.29, 1.82) is 0 Å². The SMILES string of the molecule is COc1ccc(Cl)cc1-c1nc(SCC(=O)Nc2c(C(C)C)cccc2C(C)C)n[nH]1. The number of aromatic nitrogens is 3. The molecule has 0 aliphatic heterocycles. The van der Waals surface area contributed by atoms with E-state index in [2.05, 4.69) is 60.3 Å². The van der Waals surface area contributed by atoms with Crippen LogP contribution in [0.25, 0.3) is 11.4 Å². The lowest BCUT2D eigenvalue weighted by Crippen LogP contribution is -2.17. The van der Waals surface area contributed by atoms with E-state index in [-0.39, 0.29) is 11.7 Å². The lowest BCUT2D eigenvalue weighted by molar-refractivity contribution is -0.113. The van der Waals surface area contributed by atoms with Gasteiger partial charge in [0.1, 0.15) is 5.75 Å². The molecule has 0 saturated carbocycles. The Kier molecular flexibility index (Phi) is 7.62. The number of methoxy groups -OCH3 is 1. The second-order valence-electron chi connectivity index (χ2n) is 7.77. The highest BCUT2D eigenvalue weighted by atomic mass is 35.5. The average molecular weight is 459 g/mol. The first-order valence-corrected chi connectivity index (χ1v) is 11.5. The molecule has 0 spiro atoms. The molecule has 6 nitrogen and oxygen atoms in total. The first-order chi connectivity index (χ1) is 14.8. The highest BCUT2D eigenvalue weighted by molar-refractivity contribution is 7.99. The first-order valence-electron chi connectivity index (χ1n) is 10.1. The number of nitrogens with one attached hydrogen (secondary N) is 2. The predicted molar refractivity (Wildman–Crippen MR) is 127 cm³/mol. The molecule has 2 aromatic carbocycles. The molecule has 0 unspecified atom stereocenters. The molecule has 2 N–H and O–H groups in total. The van der Waals surface area contributed by atoms with Crippen LogP contribution in [0.1, 0.15) is 50.7 Å². The molecule has 0 aliphatic carbocycles. The van der Waals surface area contributed by atoms with Gasteiger partial charge in [0.15, 0.2) is 5.82 Å². The smallest absolute Gasteiger partial charge is 0.234 e. The van der Waals surface area contributed by atoms with Gasteiger partial charge < -0.3 is 10.1 Å². The van der Waals surface area contributed by atoms with E-state index in [0.717, 1.165) is 16.8 Å². The van der Waals surface area contributed by atoms with Crippen molar-refractivity contribution in [1.82, 2.24) is 15.2 Å². The maximum atomic E-state index is 12.7. The number of carbonyl (C=O) groups excluding carboxylic acids is 1. The predicted octanol–water partition coefficient (Wildman–Crippen LogP) is 6.11. The highest BCUT2D eigenvalue weighted by Crippen LogP contribution is 2.33. The van der Waals surface area contributed by atoms with Crippen molar-refractivity contribution in [3.05, 3.63) is 52.5 Å². The van der Waals surface area contributed by atoms with Gasteiger partial charge in [-0.3, -0.25) is 9.89 Å². The summed E-state index contributed by atoms with van der Waals surface area (Å²) in [7, 11) is 1.59. The first kappa shape index (κ1) is 23.2. The maximum absolute atomic E-state index is 12.7. The third-order valence-electron chi connectivity index (χ3n) is 4.85. The molecular weight excluding hydrogens is 432 g/mol. The molecule has 0 radical (unpaired) electrons. The quantitative estimate of drug-likeness (QED) is 0.398. The number of thioether (sulfide) groups is 1. The van der Waals surface area contributed by atoms with Gasteiger partial charge in [0.05, 0.1) is 18.4 Å². The topological polar surface area (TPSA) is 79.9 Å². The number of aromatic amines is 1. The molecular formula is C23H27ClN4O2S. The summed E-state index contributed by atoms with van der Waals surface area (Å²) in [6.45, 7) is 8.51. The fraction of sp³-hybridized carbons (Fsp3) is 0.348. The Morgan fingerprint density at radius 1 is 1.16 bits per heavy atom. The number of carbonyl (C=O) groups is 1. The minimum Gasteiger partial charge on any atom is -0.496 e. The molecule has 3 rings (SSSR count). The van der Waals surface area contributed by atoms with Crippen molar-refractivity contribution in [3.63, 3.8) is 0 Å². The monoisotopic (exact) mass is 458 g/mol. The van der Waals surface area contributed by atoms with E-state index >= 15 is 0 Å². The van der Waals surface area contributed by atoms with E-state index in [0.29, 0.717) is 39.2 Å². The van der Waals surface area contributed by atoms with Crippen LogP contribution in [0, 0.1) is 0 Å². The summed E-state index contributed by atoms with van der Waals surface area (Å²) in [5.41, 5.74) is 3.90. The van der Waals surface area contributed by atoms with Gasteiger partial charge in [-0.15, -0.1) is 5.10 Å². The Balaban J connectivity index is 1.72. The number of hydrogen-bond acceptors (Lipinski definition) is 5. The van der Waals surface area contributed by atoms with E-state index in [4.69, 9.17) is 16.3 Å². The van der Waals surface area contributed by atoms with Gasteiger partial charge in [0.2, 0.25) is 11.1 Å². The van der Waals surface area contributed by atoms with Crippen LogP contribution in [-0.2, 0) is 4.79 Å². The number of benzene rings is 2. The minimum absolute atomic E-state index is 0.0910. The molecule has 31 heavy (non-hydrogen) atoms. The van der Waals surface area contributed by atoms with E-state index in [1.807, 2.05) is 6.07 Å². The minimum atomic E-state index is -0.0910. The van der Waals surface area contributed by atoms with Crippen LogP contribution >= 0.6 is 23.4 Å². The maximum Gasteiger partial charge on any atom is 0.234 e. The van der Waals surface area contributed by atoms with Crippen molar-refractivity contribution in [3.8, 4) is 17.1 Å². The summed E-state index contributed by atoms with van der Waals surface area (Å²) < 4.78 is 5.37. The summed E-state index contributed by atoms with van der Waals surface area (Å²) >= 11 is 7.37. The van der Waals surface area contributed by atoms with Gasteiger partial charge >= 0.3 is 0 Å². The van der Waals surface area contributed by atoms with Crippen molar-refractivity contribution in [2.24, 2.45) is 0 Å². The lowest BCUT2D eigenvalue weighted by Gasteiger charge is -2.20. The van der Waals surface area contributed by atoms with E-state index in [1.165, 1.54) is 11.8 Å². The summed E-state index contributed by atoms with van der Waals surface area (Å²) in [5.74, 6) is 1.91. The molecule has 0 bridgehead atoms. The lowest BCUT2D eigenvalue weighted by atomic mass is 9.92. The fourth-order valence-corrected chi connectivity index (χ4v) is 4.07. The number of anilines is 1. The molecule has 0 fully saturated rings. The molecule has 1 aromatic heterocycles. The van der Waals surface area contributed by atoms with E-state index in [9.17, 15) is 4.79 Å². The highest BCUT2D eigenvalue weighted by Gasteiger charge is 2.17. The molecule has 3 aromatic rings. The molecule has 1 heterocycles. The van der Waals surface area contributed by atoms with Gasteiger partial charge in [-0.2, -0.15) is 0 Å². The Morgan fingerprint density at radius 2 is 1.84 bits per heavy atom. The molecule has 164 valence electrons. The number of H-pyrrole nitrogens is 1. The molecule has 0 atom stereocenters. The zero-order chi connectivity index (χ0) is 22.5. The normalized spacial score (nSPS) is 11.2. The third kappa shape index (κ3) is 5.60. The second kappa shape index (κ2) is 10.2. The number of amides is 1. The van der Waals surface area contributed by atoms with Gasteiger partial charge in [0.25, 0.3) is 0 Å². The van der Waals surface area contributed by atoms with Gasteiger partial charge in [-0.25, -0.2) is 4.98 Å². The average Bonchev–Trinajstić information content (AvgIpc) is 3.21. The van der Waals surface area contributed by atoms with Crippen molar-refractivity contribution in [2.45, 2.75) is 44.7 Å². The van der Waals surface area contributed by atoms with Crippen molar-refractivity contribution < 1.29 is 9.53 Å². The van der Waals surface area contributed by atoms with E-state index in [1.54, 1.807) is 25.3 Å². The number of nitrogens with zero attached hydrogens (tertiary/aromatic N) is 2. The number of hydrogen-bond donors (Lipinski definition) is 2. The Hall–Kier alpha value is -2.51. The number of ether oxygens (including phenoxy) is 1. The zero-order valence-corrected chi connectivity index (χ0v) is 19.9. The van der Waals surface area contributed by atoms with Crippen LogP contribution < -0.4 is 10.1 Å². The van der Waals surface area contributed by atoms with Crippen LogP contribution in [0.5, 0.6) is 5.75 Å². The van der Waals surface area contributed by atoms with Crippen LogP contribution in [0.3, 0.4) is 0 Å². The Morgan fingerprint density at radius 3 is 2.45 bits per heavy atom. The van der Waals surface area contributed by atoms with E-state index < -0.39 is 0 Å². The third-order valence-corrected chi connectivity index (χ3v) is 5.93. The van der Waals surface area contributed by atoms with Crippen LogP contribution in [0.4, 0.5) is 5.69 Å². The van der Waals surface area contributed by atoms with Gasteiger partial charge in [-0.1, -0.05) is 69.3 Å². The Labute approximate surface area is 192 Å². The van der Waals surface area contributed by atoms with Crippen LogP contribution in [-0.4, -0.2) is 34.0 Å². The second-order valence-corrected chi connectivity index (χ2v) is 9.15. The van der Waals surface area contributed by atoms with Crippen LogP contribution in [0.2, 0.25) is 5.02 Å². The van der Waals surface area contributed by atoms with Crippen molar-refractivity contribution in [2.75, 3.05) is 18.2 Å². The molecule has 8 heteroatoms. The van der Waals surface area contributed by atoms with Crippen LogP contribution in [0.15, 0.2) is 41.6 Å². The van der Waals surface area contributed by atoms with Crippen molar-refractivity contribution >= 4 is 35.0 Å².